The van der Waals surface area contributed by atoms with E-state index in [0.717, 1.165) is 68.7 Å². The zero-order valence-electron chi connectivity index (χ0n) is 30.9. The molecule has 12 heteroatoms. The minimum absolute atomic E-state index is 0.0318. The fourth-order valence-electron chi connectivity index (χ4n) is 6.76. The summed E-state index contributed by atoms with van der Waals surface area (Å²) in [5, 5.41) is 6.01. The summed E-state index contributed by atoms with van der Waals surface area (Å²) >= 11 is 0. The Labute approximate surface area is 310 Å². The molecule has 2 aliphatic rings. The van der Waals surface area contributed by atoms with Gasteiger partial charge in [-0.15, -0.1) is 0 Å². The number of hydrogen-bond acceptors (Lipinski definition) is 9. The van der Waals surface area contributed by atoms with Crippen molar-refractivity contribution in [2.24, 2.45) is 0 Å². The number of likely N-dealkylation sites (tertiary alicyclic amines) is 2. The van der Waals surface area contributed by atoms with Gasteiger partial charge in [0, 0.05) is 49.7 Å². The summed E-state index contributed by atoms with van der Waals surface area (Å²) < 4.78 is 32.8. The van der Waals surface area contributed by atoms with Crippen molar-refractivity contribution in [2.45, 2.75) is 65.2 Å². The third-order valence-corrected chi connectivity index (χ3v) is 9.75. The lowest BCUT2D eigenvalue weighted by atomic mass is 10.1. The van der Waals surface area contributed by atoms with Crippen molar-refractivity contribution in [3.05, 3.63) is 88.9 Å². The lowest BCUT2D eigenvalue weighted by Gasteiger charge is -2.26. The van der Waals surface area contributed by atoms with Gasteiger partial charge in [-0.05, 0) is 106 Å². The average Bonchev–Trinajstić information content (AvgIpc) is 3.71. The molecule has 2 N–H and O–H groups in total. The van der Waals surface area contributed by atoms with Gasteiger partial charge in [-0.2, -0.15) is 4.98 Å². The lowest BCUT2D eigenvalue weighted by Crippen LogP contribution is -2.31. The molecule has 1 aromatic heterocycles. The minimum Gasteiger partial charge on any atom is -0.493 e. The molecule has 6 rings (SSSR count). The summed E-state index contributed by atoms with van der Waals surface area (Å²) in [5.41, 5.74) is 3.87. The van der Waals surface area contributed by atoms with Gasteiger partial charge in [-0.1, -0.05) is 30.7 Å². The number of methoxy groups -OCH3 is 1. The van der Waals surface area contributed by atoms with Gasteiger partial charge >= 0.3 is 0 Å². The number of amides is 2. The highest BCUT2D eigenvalue weighted by molar-refractivity contribution is 6.06. The number of ether oxygens (including phenoxy) is 3. The van der Waals surface area contributed by atoms with Crippen LogP contribution in [0.3, 0.4) is 0 Å². The number of rotatable bonds is 15. The Bertz CT molecular complexity index is 1870. The molecular weight excluding hydrogens is 675 g/mol. The van der Waals surface area contributed by atoms with Gasteiger partial charge in [0.2, 0.25) is 17.7 Å². The van der Waals surface area contributed by atoms with Crippen LogP contribution in [0.25, 0.3) is 0 Å². The van der Waals surface area contributed by atoms with Crippen LogP contribution < -0.4 is 24.8 Å². The van der Waals surface area contributed by atoms with Gasteiger partial charge in [-0.25, -0.2) is 9.37 Å². The first-order valence-electron chi connectivity index (χ1n) is 18.6. The highest BCUT2D eigenvalue weighted by Gasteiger charge is 2.22. The number of piperidine rings is 1. The molecule has 3 heterocycles. The van der Waals surface area contributed by atoms with E-state index in [4.69, 9.17) is 14.2 Å². The van der Waals surface area contributed by atoms with E-state index < -0.39 is 11.7 Å². The van der Waals surface area contributed by atoms with Crippen LogP contribution in [0.4, 0.5) is 21.7 Å². The molecule has 0 spiro atoms. The molecule has 2 aliphatic heterocycles. The third kappa shape index (κ3) is 10.0. The van der Waals surface area contributed by atoms with Gasteiger partial charge < -0.3 is 34.6 Å². The zero-order valence-corrected chi connectivity index (χ0v) is 30.9. The summed E-state index contributed by atoms with van der Waals surface area (Å²) in [4.78, 5) is 39.6. The monoisotopic (exact) mass is 724 g/mol. The first-order valence-corrected chi connectivity index (χ1v) is 18.6. The number of carbonyl (C=O) groups is 2. The molecule has 0 saturated carbocycles. The second-order valence-electron chi connectivity index (χ2n) is 13.7. The fraction of sp³-hybridized carbons (Fsp3) is 0.415. The fourth-order valence-corrected chi connectivity index (χ4v) is 6.76. The van der Waals surface area contributed by atoms with E-state index in [0.29, 0.717) is 42.3 Å². The molecule has 2 saturated heterocycles. The number of hydrogen-bond donors (Lipinski definition) is 2. The second-order valence-corrected chi connectivity index (χ2v) is 13.7. The van der Waals surface area contributed by atoms with Crippen LogP contribution in [-0.4, -0.2) is 78.0 Å². The first-order chi connectivity index (χ1) is 25.8. The predicted molar refractivity (Wildman–Crippen MR) is 203 cm³/mol. The first kappa shape index (κ1) is 37.5. The molecule has 11 nitrogen and oxygen atoms in total. The molecular formula is C41H49FN6O5. The number of para-hydroxylation sites is 1. The van der Waals surface area contributed by atoms with Crippen molar-refractivity contribution >= 4 is 29.1 Å². The Morgan fingerprint density at radius 1 is 0.887 bits per heavy atom. The quantitative estimate of drug-likeness (QED) is 0.118. The van der Waals surface area contributed by atoms with E-state index >= 15 is 4.39 Å². The van der Waals surface area contributed by atoms with E-state index in [1.807, 2.05) is 49.1 Å². The third-order valence-electron chi connectivity index (χ3n) is 9.75. The number of aromatic nitrogens is 2. The standard InChI is InChI=1S/C41H49FN6O5/c1-28-11-9-12-29(2)38(28)45-39(50)32-27-43-41(44-31-15-17-34(33(42)26-31)52-24-10-21-47-19-5-4-6-20-47)46-40(32)53-35-16-13-30(25-36(35)51-3)14-18-37(49)48-22-7-8-23-48/h9,11-13,15-17,25-27H,4-8,10,14,18-24H2,1-3H3,(H,45,50)(H,43,44,46). The van der Waals surface area contributed by atoms with Crippen molar-refractivity contribution in [3.63, 3.8) is 0 Å². The topological polar surface area (TPSA) is 118 Å². The maximum atomic E-state index is 15.1. The average molecular weight is 725 g/mol. The van der Waals surface area contributed by atoms with Crippen molar-refractivity contribution in [1.29, 1.82) is 0 Å². The number of aryl methyl sites for hydroxylation is 3. The van der Waals surface area contributed by atoms with Crippen LogP contribution in [0.1, 0.15) is 72.0 Å². The SMILES string of the molecule is COc1cc(CCC(=O)N2CCCC2)ccc1Oc1nc(Nc2ccc(OCCCN3CCCCC3)c(F)c2)ncc1C(=O)Nc1c(C)cccc1C. The summed E-state index contributed by atoms with van der Waals surface area (Å²) in [7, 11) is 1.53. The molecule has 53 heavy (non-hydrogen) atoms. The molecule has 3 aromatic carbocycles. The number of nitrogens with zero attached hydrogens (tertiary/aromatic N) is 4. The highest BCUT2D eigenvalue weighted by atomic mass is 19.1. The maximum absolute atomic E-state index is 15.1. The Morgan fingerprint density at radius 3 is 2.36 bits per heavy atom. The van der Waals surface area contributed by atoms with E-state index in [9.17, 15) is 9.59 Å². The Kier molecular flexibility index (Phi) is 12.7. The zero-order chi connectivity index (χ0) is 37.2. The highest BCUT2D eigenvalue weighted by Crippen LogP contribution is 2.35. The van der Waals surface area contributed by atoms with Crippen LogP contribution in [0, 0.1) is 19.7 Å². The molecule has 280 valence electrons. The van der Waals surface area contributed by atoms with Gasteiger partial charge in [0.05, 0.1) is 13.7 Å². The number of anilines is 3. The smallest absolute Gasteiger partial charge is 0.262 e. The predicted octanol–water partition coefficient (Wildman–Crippen LogP) is 7.84. The summed E-state index contributed by atoms with van der Waals surface area (Å²) in [6, 6.07) is 15.8. The van der Waals surface area contributed by atoms with Crippen LogP contribution in [0.5, 0.6) is 23.1 Å². The largest absolute Gasteiger partial charge is 0.493 e. The Morgan fingerprint density at radius 2 is 1.62 bits per heavy atom. The molecule has 4 aromatic rings. The summed E-state index contributed by atoms with van der Waals surface area (Å²) in [5.74, 6) is 0.138. The molecule has 0 atom stereocenters. The number of nitrogens with one attached hydrogen (secondary N) is 2. The van der Waals surface area contributed by atoms with E-state index in [-0.39, 0.29) is 29.0 Å². The van der Waals surface area contributed by atoms with Crippen molar-refractivity contribution in [3.8, 4) is 23.1 Å². The molecule has 0 aliphatic carbocycles. The normalized spacial score (nSPS) is 14.5. The van der Waals surface area contributed by atoms with Crippen LogP contribution >= 0.6 is 0 Å². The molecule has 0 radical (unpaired) electrons. The molecule has 2 fully saturated rings. The Hall–Kier alpha value is -5.23. The molecule has 0 unspecified atom stereocenters. The number of halogens is 1. The minimum atomic E-state index is -0.513. The van der Waals surface area contributed by atoms with Crippen molar-refractivity contribution in [1.82, 2.24) is 19.8 Å². The van der Waals surface area contributed by atoms with Crippen LogP contribution in [-0.2, 0) is 11.2 Å². The summed E-state index contributed by atoms with van der Waals surface area (Å²) in [6.45, 7) is 9.07. The second kappa shape index (κ2) is 18.0. The number of benzene rings is 3. The van der Waals surface area contributed by atoms with Crippen molar-refractivity contribution in [2.75, 3.05) is 57.1 Å². The van der Waals surface area contributed by atoms with E-state index in [1.54, 1.807) is 18.2 Å². The van der Waals surface area contributed by atoms with Gasteiger partial charge in [-0.3, -0.25) is 9.59 Å². The maximum Gasteiger partial charge on any atom is 0.262 e. The van der Waals surface area contributed by atoms with Crippen LogP contribution in [0.15, 0.2) is 60.8 Å². The summed E-state index contributed by atoms with van der Waals surface area (Å²) in [6.07, 6.45) is 9.00. The lowest BCUT2D eigenvalue weighted by molar-refractivity contribution is -0.130. The van der Waals surface area contributed by atoms with E-state index in [2.05, 4.69) is 25.5 Å². The van der Waals surface area contributed by atoms with Crippen molar-refractivity contribution < 1.29 is 28.2 Å². The molecule has 2 amide bonds. The number of carbonyl (C=O) groups excluding carboxylic acids is 2. The van der Waals surface area contributed by atoms with E-state index in [1.165, 1.54) is 38.6 Å². The molecule has 0 bridgehead atoms. The van der Waals surface area contributed by atoms with Gasteiger partial charge in [0.25, 0.3) is 5.91 Å². The Balaban J connectivity index is 1.18. The van der Waals surface area contributed by atoms with Crippen LogP contribution in [0.2, 0.25) is 0 Å². The van der Waals surface area contributed by atoms with Gasteiger partial charge in [0.15, 0.2) is 23.1 Å². The van der Waals surface area contributed by atoms with Gasteiger partial charge in [0.1, 0.15) is 5.56 Å².